The Morgan fingerprint density at radius 2 is 1.80 bits per heavy atom. The van der Waals surface area contributed by atoms with Gasteiger partial charge in [0.05, 0.1) is 5.56 Å². The third kappa shape index (κ3) is 3.58. The lowest BCUT2D eigenvalue weighted by Gasteiger charge is -2.07. The van der Waals surface area contributed by atoms with Gasteiger partial charge in [0.15, 0.2) is 5.69 Å². The van der Waals surface area contributed by atoms with E-state index in [0.29, 0.717) is 0 Å². The van der Waals surface area contributed by atoms with Crippen LogP contribution in [0.2, 0.25) is 0 Å². The first-order valence-corrected chi connectivity index (χ1v) is 4.40. The zero-order valence-corrected chi connectivity index (χ0v) is 8.68. The number of halogens is 3. The first kappa shape index (κ1) is 13.4. The molecule has 82 valence electrons. The van der Waals surface area contributed by atoms with Crippen molar-refractivity contribution in [2.45, 2.75) is 26.9 Å². The van der Waals surface area contributed by atoms with Crippen LogP contribution in [-0.4, -0.2) is 4.98 Å². The molecule has 0 amide bonds. The number of rotatable bonds is 0. The summed E-state index contributed by atoms with van der Waals surface area (Å²) in [6.45, 7) is 5.44. The molecule has 1 heterocycles. The molecule has 1 rings (SSSR count). The molecule has 0 spiro atoms. The van der Waals surface area contributed by atoms with Gasteiger partial charge in [-0.2, -0.15) is 18.4 Å². The predicted octanol–water partition coefficient (Wildman–Crippen LogP) is 3.31. The van der Waals surface area contributed by atoms with E-state index >= 15 is 0 Å². The molecule has 0 aliphatic carbocycles. The fraction of sp³-hybridized carbons (Fsp3) is 0.400. The maximum Gasteiger partial charge on any atom is 0.434 e. The van der Waals surface area contributed by atoms with Crippen molar-refractivity contribution in [1.29, 1.82) is 5.26 Å². The Bertz CT molecular complexity index is 364. The van der Waals surface area contributed by atoms with E-state index in [1.54, 1.807) is 0 Å². The number of alkyl halides is 3. The Kier molecular flexibility index (Phi) is 4.79. The molecule has 0 saturated carbocycles. The third-order valence-electron chi connectivity index (χ3n) is 1.42. The molecule has 5 heteroatoms. The third-order valence-corrected chi connectivity index (χ3v) is 1.42. The van der Waals surface area contributed by atoms with Gasteiger partial charge in [-0.15, -0.1) is 0 Å². The molecular weight excluding hydrogens is 205 g/mol. The molecule has 0 fully saturated rings. The molecule has 0 radical (unpaired) electrons. The van der Waals surface area contributed by atoms with E-state index in [-0.39, 0.29) is 5.69 Å². The second-order valence-corrected chi connectivity index (χ2v) is 2.46. The zero-order chi connectivity index (χ0) is 12.1. The lowest BCUT2D eigenvalue weighted by atomic mass is 10.2. The number of hydrogen-bond donors (Lipinski definition) is 0. The highest BCUT2D eigenvalue weighted by Gasteiger charge is 2.35. The number of aryl methyl sites for hydroxylation is 1. The van der Waals surface area contributed by atoms with Crippen molar-refractivity contribution in [1.82, 2.24) is 4.98 Å². The van der Waals surface area contributed by atoms with Gasteiger partial charge >= 0.3 is 6.18 Å². The normalized spacial score (nSPS) is 9.93. The molecular formula is C10H11F3N2. The van der Waals surface area contributed by atoms with Crippen molar-refractivity contribution < 1.29 is 13.2 Å². The minimum absolute atomic E-state index is 0.242. The van der Waals surface area contributed by atoms with Crippen LogP contribution >= 0.6 is 0 Å². The molecule has 0 N–H and O–H groups in total. The van der Waals surface area contributed by atoms with Gasteiger partial charge < -0.3 is 0 Å². The lowest BCUT2D eigenvalue weighted by Crippen LogP contribution is -2.11. The minimum atomic E-state index is -4.56. The van der Waals surface area contributed by atoms with Crippen LogP contribution in [0.1, 0.15) is 30.8 Å². The minimum Gasteiger partial charge on any atom is -0.247 e. The fourth-order valence-electron chi connectivity index (χ4n) is 0.863. The van der Waals surface area contributed by atoms with Gasteiger partial charge in [-0.25, -0.2) is 4.98 Å². The van der Waals surface area contributed by atoms with E-state index < -0.39 is 17.4 Å². The molecule has 0 bridgehead atoms. The van der Waals surface area contributed by atoms with Gasteiger partial charge in [-0.1, -0.05) is 13.8 Å². The summed E-state index contributed by atoms with van der Waals surface area (Å²) < 4.78 is 36.6. The first-order valence-electron chi connectivity index (χ1n) is 4.40. The Morgan fingerprint density at radius 3 is 2.20 bits per heavy atom. The molecule has 1 aromatic heterocycles. The summed E-state index contributed by atoms with van der Waals surface area (Å²) in [5.74, 6) is 0. The van der Waals surface area contributed by atoms with Crippen LogP contribution in [0.25, 0.3) is 0 Å². The number of nitriles is 1. The topological polar surface area (TPSA) is 36.7 Å². The predicted molar refractivity (Wildman–Crippen MR) is 50.0 cm³/mol. The molecule has 0 atom stereocenters. The highest BCUT2D eigenvalue weighted by atomic mass is 19.4. The van der Waals surface area contributed by atoms with E-state index in [1.165, 1.54) is 19.1 Å². The SMILES string of the molecule is CC.Cc1ccc(C#N)c(C(F)(F)F)n1. The molecule has 0 unspecified atom stereocenters. The summed E-state index contributed by atoms with van der Waals surface area (Å²) in [4.78, 5) is 3.27. The standard InChI is InChI=1S/C8H5F3N2.C2H6/c1-5-2-3-6(4-12)7(13-5)8(9,10)11;1-2/h2-3H,1H3;1-2H3. The Hall–Kier alpha value is -1.57. The quantitative estimate of drug-likeness (QED) is 0.667. The van der Waals surface area contributed by atoms with Crippen LogP contribution < -0.4 is 0 Å². The Labute approximate surface area is 86.4 Å². The van der Waals surface area contributed by atoms with Crippen molar-refractivity contribution in [3.8, 4) is 6.07 Å². The Morgan fingerprint density at radius 1 is 1.27 bits per heavy atom. The van der Waals surface area contributed by atoms with Crippen molar-refractivity contribution >= 4 is 0 Å². The largest absolute Gasteiger partial charge is 0.434 e. The number of nitrogens with zero attached hydrogens (tertiary/aromatic N) is 2. The van der Waals surface area contributed by atoms with Gasteiger partial charge in [-0.05, 0) is 19.1 Å². The van der Waals surface area contributed by atoms with Crippen molar-refractivity contribution in [2.75, 3.05) is 0 Å². The molecule has 2 nitrogen and oxygen atoms in total. The lowest BCUT2D eigenvalue weighted by molar-refractivity contribution is -0.141. The van der Waals surface area contributed by atoms with Crippen LogP contribution in [0.15, 0.2) is 12.1 Å². The summed E-state index contributed by atoms with van der Waals surface area (Å²) >= 11 is 0. The summed E-state index contributed by atoms with van der Waals surface area (Å²) in [5, 5.41) is 8.38. The highest BCUT2D eigenvalue weighted by molar-refractivity contribution is 5.35. The van der Waals surface area contributed by atoms with E-state index in [4.69, 9.17) is 5.26 Å². The van der Waals surface area contributed by atoms with E-state index in [2.05, 4.69) is 4.98 Å². The van der Waals surface area contributed by atoms with Crippen molar-refractivity contribution in [3.63, 3.8) is 0 Å². The average Bonchev–Trinajstić information content (AvgIpc) is 2.19. The summed E-state index contributed by atoms with van der Waals surface area (Å²) in [6.07, 6.45) is -4.56. The first-order chi connectivity index (χ1) is 6.95. The van der Waals surface area contributed by atoms with Crippen LogP contribution in [0, 0.1) is 18.3 Å². The molecule has 0 aliphatic heterocycles. The molecule has 0 aromatic carbocycles. The summed E-state index contributed by atoms with van der Waals surface area (Å²) in [7, 11) is 0. The number of pyridine rings is 1. The second-order valence-electron chi connectivity index (χ2n) is 2.46. The van der Waals surface area contributed by atoms with Crippen LogP contribution in [-0.2, 0) is 6.18 Å². The zero-order valence-electron chi connectivity index (χ0n) is 8.68. The van der Waals surface area contributed by atoms with Crippen LogP contribution in [0.3, 0.4) is 0 Å². The highest BCUT2D eigenvalue weighted by Crippen LogP contribution is 2.29. The van der Waals surface area contributed by atoms with E-state index in [1.807, 2.05) is 13.8 Å². The molecule has 15 heavy (non-hydrogen) atoms. The average molecular weight is 216 g/mol. The van der Waals surface area contributed by atoms with Crippen LogP contribution in [0.5, 0.6) is 0 Å². The van der Waals surface area contributed by atoms with Gasteiger partial charge in [0.2, 0.25) is 0 Å². The van der Waals surface area contributed by atoms with Gasteiger partial charge in [-0.3, -0.25) is 0 Å². The summed E-state index contributed by atoms with van der Waals surface area (Å²) in [6, 6.07) is 3.93. The van der Waals surface area contributed by atoms with Crippen LogP contribution in [0.4, 0.5) is 13.2 Å². The van der Waals surface area contributed by atoms with Gasteiger partial charge in [0, 0.05) is 5.69 Å². The number of aromatic nitrogens is 1. The second kappa shape index (κ2) is 5.35. The fourth-order valence-corrected chi connectivity index (χ4v) is 0.863. The number of hydrogen-bond acceptors (Lipinski definition) is 2. The van der Waals surface area contributed by atoms with Gasteiger partial charge in [0.1, 0.15) is 6.07 Å². The van der Waals surface area contributed by atoms with E-state index in [0.717, 1.165) is 6.07 Å². The smallest absolute Gasteiger partial charge is 0.247 e. The molecule has 0 saturated heterocycles. The van der Waals surface area contributed by atoms with E-state index in [9.17, 15) is 13.2 Å². The van der Waals surface area contributed by atoms with Crippen molar-refractivity contribution in [2.24, 2.45) is 0 Å². The monoisotopic (exact) mass is 216 g/mol. The maximum atomic E-state index is 12.2. The Balaban J connectivity index is 0.000000921. The summed E-state index contributed by atoms with van der Waals surface area (Å²) in [5.41, 5.74) is -1.32. The molecule has 1 aromatic rings. The van der Waals surface area contributed by atoms with Gasteiger partial charge in [0.25, 0.3) is 0 Å². The molecule has 0 aliphatic rings. The van der Waals surface area contributed by atoms with Crippen molar-refractivity contribution in [3.05, 3.63) is 29.1 Å². The maximum absolute atomic E-state index is 12.2.